The van der Waals surface area contributed by atoms with Gasteiger partial charge in [-0.15, -0.1) is 0 Å². The van der Waals surface area contributed by atoms with Gasteiger partial charge in [0.15, 0.2) is 0 Å². The maximum Gasteiger partial charge on any atom is 0.115 e. The van der Waals surface area contributed by atoms with E-state index < -0.39 is 0 Å². The highest BCUT2D eigenvalue weighted by Gasteiger charge is 2.08. The van der Waals surface area contributed by atoms with Crippen molar-refractivity contribution in [3.63, 3.8) is 0 Å². The molecule has 0 aliphatic heterocycles. The van der Waals surface area contributed by atoms with Gasteiger partial charge >= 0.3 is 0 Å². The van der Waals surface area contributed by atoms with E-state index in [0.29, 0.717) is 0 Å². The van der Waals surface area contributed by atoms with Crippen molar-refractivity contribution < 1.29 is 0 Å². The molecule has 4 nitrogen and oxygen atoms in total. The van der Waals surface area contributed by atoms with Crippen LogP contribution in [0.3, 0.4) is 0 Å². The Labute approximate surface area is 146 Å². The first kappa shape index (κ1) is 15.1. The molecule has 0 N–H and O–H groups in total. The third kappa shape index (κ3) is 3.28. The largest absolute Gasteiger partial charge is 0.244 e. The SMILES string of the molecule is Cc1ccc(-c2cc(-c3cncnc3)cc(-c3cncnc3)c2)cc1. The Hall–Kier alpha value is -3.40. The van der Waals surface area contributed by atoms with Crippen LogP contribution in [0.4, 0.5) is 0 Å². The lowest BCUT2D eigenvalue weighted by atomic mass is 9.95. The molecular weight excluding hydrogens is 308 g/mol. The van der Waals surface area contributed by atoms with Gasteiger partial charge in [-0.05, 0) is 47.4 Å². The molecule has 2 heterocycles. The van der Waals surface area contributed by atoms with Crippen molar-refractivity contribution in [2.24, 2.45) is 0 Å². The van der Waals surface area contributed by atoms with Crippen molar-refractivity contribution in [2.75, 3.05) is 0 Å². The summed E-state index contributed by atoms with van der Waals surface area (Å²) in [5.41, 5.74) is 7.65. The van der Waals surface area contributed by atoms with Crippen molar-refractivity contribution in [2.45, 2.75) is 6.92 Å². The third-order valence-electron chi connectivity index (χ3n) is 4.11. The third-order valence-corrected chi connectivity index (χ3v) is 4.11. The minimum Gasteiger partial charge on any atom is -0.244 e. The van der Waals surface area contributed by atoms with Gasteiger partial charge in [0, 0.05) is 35.9 Å². The first-order valence-corrected chi connectivity index (χ1v) is 8.02. The minimum absolute atomic E-state index is 0.981. The van der Waals surface area contributed by atoms with Crippen LogP contribution in [0.1, 0.15) is 5.56 Å². The lowest BCUT2D eigenvalue weighted by Gasteiger charge is -2.10. The Kier molecular flexibility index (Phi) is 4.01. The molecule has 0 saturated heterocycles. The molecule has 0 spiro atoms. The van der Waals surface area contributed by atoms with E-state index >= 15 is 0 Å². The maximum atomic E-state index is 4.14. The van der Waals surface area contributed by atoms with Crippen LogP contribution in [0.15, 0.2) is 79.9 Å². The molecule has 0 aliphatic rings. The molecule has 2 aromatic carbocycles. The minimum atomic E-state index is 0.981. The molecule has 0 fully saturated rings. The first-order valence-electron chi connectivity index (χ1n) is 8.02. The summed E-state index contributed by atoms with van der Waals surface area (Å²) in [7, 11) is 0. The van der Waals surface area contributed by atoms with Gasteiger partial charge in [0.2, 0.25) is 0 Å². The molecule has 25 heavy (non-hydrogen) atoms. The van der Waals surface area contributed by atoms with Gasteiger partial charge in [0.05, 0.1) is 0 Å². The summed E-state index contributed by atoms with van der Waals surface area (Å²) < 4.78 is 0. The van der Waals surface area contributed by atoms with Crippen LogP contribution < -0.4 is 0 Å². The average molecular weight is 324 g/mol. The van der Waals surface area contributed by atoms with E-state index in [9.17, 15) is 0 Å². The number of benzene rings is 2. The van der Waals surface area contributed by atoms with E-state index in [-0.39, 0.29) is 0 Å². The lowest BCUT2D eigenvalue weighted by Crippen LogP contribution is -1.88. The van der Waals surface area contributed by atoms with E-state index in [0.717, 1.165) is 27.8 Å². The highest BCUT2D eigenvalue weighted by Crippen LogP contribution is 2.32. The van der Waals surface area contributed by atoms with Crippen molar-refractivity contribution in [1.82, 2.24) is 19.9 Å². The quantitative estimate of drug-likeness (QED) is 0.553. The van der Waals surface area contributed by atoms with Gasteiger partial charge < -0.3 is 0 Å². The van der Waals surface area contributed by atoms with Crippen LogP contribution in [0.2, 0.25) is 0 Å². The number of hydrogen-bond acceptors (Lipinski definition) is 4. The standard InChI is InChI=1S/C21H16N4/c1-15-2-4-16(5-3-15)17-6-18(20-9-22-13-23-10-20)8-19(7-17)21-11-24-14-25-12-21/h2-14H,1H3. The van der Waals surface area contributed by atoms with Crippen molar-refractivity contribution in [3.8, 4) is 33.4 Å². The van der Waals surface area contributed by atoms with Crippen LogP contribution >= 0.6 is 0 Å². The Bertz CT molecular complexity index is 924. The lowest BCUT2D eigenvalue weighted by molar-refractivity contribution is 1.17. The molecule has 0 bridgehead atoms. The monoisotopic (exact) mass is 324 g/mol. The molecule has 4 aromatic rings. The van der Waals surface area contributed by atoms with Gasteiger partial charge in [-0.3, -0.25) is 0 Å². The fourth-order valence-electron chi connectivity index (χ4n) is 2.77. The second-order valence-corrected chi connectivity index (χ2v) is 5.92. The topological polar surface area (TPSA) is 51.6 Å². The number of aryl methyl sites for hydroxylation is 1. The number of aromatic nitrogens is 4. The zero-order valence-corrected chi connectivity index (χ0v) is 13.8. The number of nitrogens with zero attached hydrogens (tertiary/aromatic N) is 4. The van der Waals surface area contributed by atoms with Crippen LogP contribution in [0, 0.1) is 6.92 Å². The summed E-state index contributed by atoms with van der Waals surface area (Å²) in [6.07, 6.45) is 10.4. The molecule has 0 aliphatic carbocycles. The summed E-state index contributed by atoms with van der Waals surface area (Å²) in [4.78, 5) is 16.6. The summed E-state index contributed by atoms with van der Waals surface area (Å²) in [6, 6.07) is 15.0. The highest BCUT2D eigenvalue weighted by molar-refractivity contribution is 5.80. The average Bonchev–Trinajstić information content (AvgIpc) is 2.69. The normalized spacial score (nSPS) is 10.6. The predicted octanol–water partition coefficient (Wildman–Crippen LogP) is 4.58. The van der Waals surface area contributed by atoms with Gasteiger partial charge in [-0.25, -0.2) is 19.9 Å². The van der Waals surface area contributed by atoms with Crippen LogP contribution in [0.5, 0.6) is 0 Å². The van der Waals surface area contributed by atoms with Gasteiger partial charge in [-0.2, -0.15) is 0 Å². The Morgan fingerprint density at radius 3 is 1.32 bits per heavy atom. The van der Waals surface area contributed by atoms with Crippen molar-refractivity contribution >= 4 is 0 Å². The number of rotatable bonds is 3. The molecule has 120 valence electrons. The first-order chi connectivity index (χ1) is 12.3. The fraction of sp³-hybridized carbons (Fsp3) is 0.0476. The van der Waals surface area contributed by atoms with E-state index in [1.165, 1.54) is 11.1 Å². The van der Waals surface area contributed by atoms with Gasteiger partial charge in [0.25, 0.3) is 0 Å². The van der Waals surface area contributed by atoms with E-state index in [1.54, 1.807) is 12.7 Å². The molecule has 2 aromatic heterocycles. The highest BCUT2D eigenvalue weighted by atomic mass is 14.8. The summed E-state index contributed by atoms with van der Waals surface area (Å²) in [5, 5.41) is 0. The van der Waals surface area contributed by atoms with Crippen LogP contribution in [-0.2, 0) is 0 Å². The Morgan fingerprint density at radius 1 is 0.480 bits per heavy atom. The zero-order chi connectivity index (χ0) is 17.1. The molecule has 0 saturated carbocycles. The smallest absolute Gasteiger partial charge is 0.115 e. The Morgan fingerprint density at radius 2 is 0.880 bits per heavy atom. The van der Waals surface area contributed by atoms with E-state index in [2.05, 4.69) is 69.3 Å². The maximum absolute atomic E-state index is 4.14. The fourth-order valence-corrected chi connectivity index (χ4v) is 2.77. The molecule has 4 rings (SSSR count). The van der Waals surface area contributed by atoms with Crippen LogP contribution in [-0.4, -0.2) is 19.9 Å². The van der Waals surface area contributed by atoms with Gasteiger partial charge in [-0.1, -0.05) is 29.8 Å². The summed E-state index contributed by atoms with van der Waals surface area (Å²) in [5.74, 6) is 0. The second kappa shape index (κ2) is 6.61. The van der Waals surface area contributed by atoms with E-state index in [1.807, 2.05) is 24.8 Å². The predicted molar refractivity (Wildman–Crippen MR) is 98.7 cm³/mol. The molecule has 0 amide bonds. The van der Waals surface area contributed by atoms with Crippen molar-refractivity contribution in [3.05, 3.63) is 85.5 Å². The molecular formula is C21H16N4. The van der Waals surface area contributed by atoms with E-state index in [4.69, 9.17) is 0 Å². The molecule has 0 radical (unpaired) electrons. The van der Waals surface area contributed by atoms with Gasteiger partial charge in [0.1, 0.15) is 12.7 Å². The zero-order valence-electron chi connectivity index (χ0n) is 13.8. The van der Waals surface area contributed by atoms with Crippen LogP contribution in [0.25, 0.3) is 33.4 Å². The summed E-state index contributed by atoms with van der Waals surface area (Å²) >= 11 is 0. The molecule has 4 heteroatoms. The molecule has 0 atom stereocenters. The Balaban J connectivity index is 1.90. The molecule has 0 unspecified atom stereocenters. The second-order valence-electron chi connectivity index (χ2n) is 5.92. The summed E-state index contributed by atoms with van der Waals surface area (Å²) in [6.45, 7) is 2.09. The van der Waals surface area contributed by atoms with Crippen molar-refractivity contribution in [1.29, 1.82) is 0 Å². The number of hydrogen-bond donors (Lipinski definition) is 0.